The first-order valence-electron chi connectivity index (χ1n) is 8.04. The van der Waals surface area contributed by atoms with Crippen LogP contribution in [0.15, 0.2) is 24.3 Å². The molecule has 1 aromatic rings. The number of para-hydroxylation sites is 1. The fourth-order valence-electron chi connectivity index (χ4n) is 2.66. The Labute approximate surface area is 123 Å². The summed E-state index contributed by atoms with van der Waals surface area (Å²) in [6, 6.07) is 8.46. The van der Waals surface area contributed by atoms with Gasteiger partial charge >= 0.3 is 0 Å². The summed E-state index contributed by atoms with van der Waals surface area (Å²) in [5.41, 5.74) is 1.40. The monoisotopic (exact) mass is 275 g/mol. The Morgan fingerprint density at radius 3 is 2.35 bits per heavy atom. The van der Waals surface area contributed by atoms with Crippen molar-refractivity contribution in [1.82, 2.24) is 5.32 Å². The lowest BCUT2D eigenvalue weighted by atomic mass is 10.1. The molecule has 1 aliphatic rings. The number of hydrogen-bond donors (Lipinski definition) is 1. The van der Waals surface area contributed by atoms with E-state index in [0.717, 1.165) is 12.3 Å². The smallest absolute Gasteiger partial charge is 0.124 e. The highest BCUT2D eigenvalue weighted by Gasteiger charge is 2.16. The van der Waals surface area contributed by atoms with Crippen molar-refractivity contribution >= 4 is 0 Å². The van der Waals surface area contributed by atoms with Crippen molar-refractivity contribution in [2.75, 3.05) is 0 Å². The minimum Gasteiger partial charge on any atom is -0.490 e. The van der Waals surface area contributed by atoms with Gasteiger partial charge in [0.1, 0.15) is 5.75 Å². The van der Waals surface area contributed by atoms with E-state index in [1.165, 1.54) is 44.1 Å². The summed E-state index contributed by atoms with van der Waals surface area (Å²) < 4.78 is 6.29. The average molecular weight is 275 g/mol. The molecule has 20 heavy (non-hydrogen) atoms. The van der Waals surface area contributed by atoms with Gasteiger partial charge < -0.3 is 10.1 Å². The minimum absolute atomic E-state index is 0.134. The standard InChI is InChI=1S/C18H29NO/c1-18(2,3)19-14-15-10-8-9-13-17(15)20-16-11-6-4-5-7-12-16/h8-10,13,16,19H,4-7,11-12,14H2,1-3H3. The Balaban J connectivity index is 1.99. The van der Waals surface area contributed by atoms with Crippen molar-refractivity contribution in [3.8, 4) is 5.75 Å². The SMILES string of the molecule is CC(C)(C)NCc1ccccc1OC1CCCCCC1. The number of hydrogen-bond acceptors (Lipinski definition) is 2. The predicted octanol–water partition coefficient (Wildman–Crippen LogP) is 4.68. The second-order valence-electron chi connectivity index (χ2n) is 6.94. The van der Waals surface area contributed by atoms with Gasteiger partial charge in [-0.2, -0.15) is 0 Å². The van der Waals surface area contributed by atoms with Crippen LogP contribution in [-0.4, -0.2) is 11.6 Å². The molecule has 1 aromatic carbocycles. The molecule has 0 aliphatic heterocycles. The van der Waals surface area contributed by atoms with Crippen LogP contribution in [0.4, 0.5) is 0 Å². The van der Waals surface area contributed by atoms with Gasteiger partial charge in [-0.1, -0.05) is 31.0 Å². The highest BCUT2D eigenvalue weighted by molar-refractivity contribution is 5.33. The van der Waals surface area contributed by atoms with Crippen molar-refractivity contribution in [2.45, 2.75) is 77.5 Å². The molecule has 112 valence electrons. The highest BCUT2D eigenvalue weighted by Crippen LogP contribution is 2.25. The van der Waals surface area contributed by atoms with Crippen LogP contribution >= 0.6 is 0 Å². The molecule has 0 unspecified atom stereocenters. The maximum absolute atomic E-state index is 6.29. The molecule has 0 amide bonds. The summed E-state index contributed by atoms with van der Waals surface area (Å²) in [6.07, 6.45) is 8.19. The van der Waals surface area contributed by atoms with Crippen molar-refractivity contribution in [1.29, 1.82) is 0 Å². The van der Waals surface area contributed by atoms with E-state index in [1.807, 2.05) is 0 Å². The molecule has 1 fully saturated rings. The van der Waals surface area contributed by atoms with Crippen LogP contribution in [0.3, 0.4) is 0 Å². The van der Waals surface area contributed by atoms with Gasteiger partial charge in [-0.05, 0) is 52.5 Å². The topological polar surface area (TPSA) is 21.3 Å². The van der Waals surface area contributed by atoms with Crippen LogP contribution < -0.4 is 10.1 Å². The summed E-state index contributed by atoms with van der Waals surface area (Å²) in [6.45, 7) is 7.46. The van der Waals surface area contributed by atoms with E-state index in [2.05, 4.69) is 50.4 Å². The van der Waals surface area contributed by atoms with Crippen LogP contribution in [0.1, 0.15) is 64.9 Å². The largest absolute Gasteiger partial charge is 0.490 e. The number of benzene rings is 1. The van der Waals surface area contributed by atoms with Crippen LogP contribution in [0, 0.1) is 0 Å². The van der Waals surface area contributed by atoms with Gasteiger partial charge in [-0.25, -0.2) is 0 Å². The maximum Gasteiger partial charge on any atom is 0.124 e. The molecule has 1 saturated carbocycles. The Morgan fingerprint density at radius 2 is 1.70 bits per heavy atom. The van der Waals surface area contributed by atoms with Gasteiger partial charge in [0.05, 0.1) is 6.10 Å². The zero-order valence-corrected chi connectivity index (χ0v) is 13.2. The van der Waals surface area contributed by atoms with Crippen LogP contribution in [-0.2, 0) is 6.54 Å². The molecule has 2 heteroatoms. The van der Waals surface area contributed by atoms with Gasteiger partial charge in [-0.3, -0.25) is 0 Å². The first kappa shape index (κ1) is 15.4. The lowest BCUT2D eigenvalue weighted by molar-refractivity contribution is 0.181. The van der Waals surface area contributed by atoms with Crippen molar-refractivity contribution < 1.29 is 4.74 Å². The molecule has 0 spiro atoms. The predicted molar refractivity (Wildman–Crippen MR) is 85.2 cm³/mol. The Hall–Kier alpha value is -1.02. The van der Waals surface area contributed by atoms with Gasteiger partial charge in [0.15, 0.2) is 0 Å². The molecule has 0 bridgehead atoms. The minimum atomic E-state index is 0.134. The quantitative estimate of drug-likeness (QED) is 0.806. The molecule has 2 nitrogen and oxygen atoms in total. The summed E-state index contributed by atoms with van der Waals surface area (Å²) in [5, 5.41) is 3.55. The molecular weight excluding hydrogens is 246 g/mol. The molecule has 2 rings (SSSR count). The molecule has 0 atom stereocenters. The van der Waals surface area contributed by atoms with E-state index in [-0.39, 0.29) is 5.54 Å². The third-order valence-corrected chi connectivity index (χ3v) is 3.88. The first-order valence-corrected chi connectivity index (χ1v) is 8.04. The number of nitrogens with one attached hydrogen (secondary N) is 1. The average Bonchev–Trinajstić information content (AvgIpc) is 2.65. The van der Waals surface area contributed by atoms with Crippen molar-refractivity contribution in [3.05, 3.63) is 29.8 Å². The Kier molecular flexibility index (Phi) is 5.47. The van der Waals surface area contributed by atoms with E-state index in [9.17, 15) is 0 Å². The van der Waals surface area contributed by atoms with Crippen LogP contribution in [0.25, 0.3) is 0 Å². The normalized spacial score (nSPS) is 17.8. The molecule has 0 heterocycles. The van der Waals surface area contributed by atoms with Gasteiger partial charge in [-0.15, -0.1) is 0 Å². The third-order valence-electron chi connectivity index (χ3n) is 3.88. The fourth-order valence-corrected chi connectivity index (χ4v) is 2.66. The van der Waals surface area contributed by atoms with Crippen LogP contribution in [0.5, 0.6) is 5.75 Å². The lowest BCUT2D eigenvalue weighted by Crippen LogP contribution is -2.35. The molecule has 1 N–H and O–H groups in total. The fraction of sp³-hybridized carbons (Fsp3) is 0.667. The third kappa shape index (κ3) is 5.16. The summed E-state index contributed by atoms with van der Waals surface area (Å²) in [5.74, 6) is 1.07. The molecule has 0 radical (unpaired) electrons. The van der Waals surface area contributed by atoms with Gasteiger partial charge in [0.2, 0.25) is 0 Å². The highest BCUT2D eigenvalue weighted by atomic mass is 16.5. The summed E-state index contributed by atoms with van der Waals surface area (Å²) >= 11 is 0. The molecular formula is C18H29NO. The number of ether oxygens (including phenoxy) is 1. The van der Waals surface area contributed by atoms with E-state index >= 15 is 0 Å². The van der Waals surface area contributed by atoms with E-state index in [4.69, 9.17) is 4.74 Å². The van der Waals surface area contributed by atoms with Crippen molar-refractivity contribution in [2.24, 2.45) is 0 Å². The second kappa shape index (κ2) is 7.12. The number of rotatable bonds is 4. The molecule has 1 aliphatic carbocycles. The Morgan fingerprint density at radius 1 is 1.05 bits per heavy atom. The van der Waals surface area contributed by atoms with E-state index < -0.39 is 0 Å². The van der Waals surface area contributed by atoms with Gasteiger partial charge in [0.25, 0.3) is 0 Å². The first-order chi connectivity index (χ1) is 9.54. The van der Waals surface area contributed by atoms with E-state index in [1.54, 1.807) is 0 Å². The van der Waals surface area contributed by atoms with E-state index in [0.29, 0.717) is 6.10 Å². The molecule has 0 aromatic heterocycles. The summed E-state index contributed by atoms with van der Waals surface area (Å²) in [7, 11) is 0. The lowest BCUT2D eigenvalue weighted by Gasteiger charge is -2.23. The second-order valence-corrected chi connectivity index (χ2v) is 6.94. The summed E-state index contributed by atoms with van der Waals surface area (Å²) in [4.78, 5) is 0. The molecule has 0 saturated heterocycles. The van der Waals surface area contributed by atoms with Gasteiger partial charge in [0, 0.05) is 17.6 Å². The zero-order chi connectivity index (χ0) is 14.4. The zero-order valence-electron chi connectivity index (χ0n) is 13.2. The maximum atomic E-state index is 6.29. The van der Waals surface area contributed by atoms with Crippen LogP contribution in [0.2, 0.25) is 0 Å². The van der Waals surface area contributed by atoms with Crippen molar-refractivity contribution in [3.63, 3.8) is 0 Å². The Bertz CT molecular complexity index is 400.